The van der Waals surface area contributed by atoms with Crippen molar-refractivity contribution in [3.8, 4) is 22.9 Å². The molecule has 0 saturated heterocycles. The Bertz CT molecular complexity index is 813. The molecule has 5 nitrogen and oxygen atoms in total. The number of fused-ring (bicyclic) bond motifs is 1. The van der Waals surface area contributed by atoms with Gasteiger partial charge in [-0.1, -0.05) is 6.07 Å². The molecule has 0 aliphatic heterocycles. The van der Waals surface area contributed by atoms with Crippen LogP contribution in [0.15, 0.2) is 18.2 Å². The summed E-state index contributed by atoms with van der Waals surface area (Å²) in [5.74, 6) is -0.141. The number of rotatable bonds is 2. The smallest absolute Gasteiger partial charge is 0.165 e. The van der Waals surface area contributed by atoms with E-state index in [4.69, 9.17) is 16.2 Å². The number of nitriles is 1. The Morgan fingerprint density at radius 2 is 2.22 bits per heavy atom. The Balaban J connectivity index is 2.29. The molecular formula is C17H17FN4O. The van der Waals surface area contributed by atoms with Crippen LogP contribution in [-0.4, -0.2) is 18.1 Å². The van der Waals surface area contributed by atoms with E-state index in [1.165, 1.54) is 13.2 Å². The van der Waals surface area contributed by atoms with Crippen LogP contribution in [0.2, 0.25) is 0 Å². The minimum atomic E-state index is -0.456. The fourth-order valence-electron chi connectivity index (χ4n) is 3.05. The number of halogens is 1. The van der Waals surface area contributed by atoms with E-state index in [2.05, 4.69) is 11.1 Å². The fourth-order valence-corrected chi connectivity index (χ4v) is 3.05. The van der Waals surface area contributed by atoms with Crippen molar-refractivity contribution < 1.29 is 9.13 Å². The zero-order chi connectivity index (χ0) is 16.6. The molecule has 1 aliphatic rings. The SMILES string of the molecule is COc1cc(-c2c(C#N)c(N)nc3c2CC(N)CC3)ccc1F. The third kappa shape index (κ3) is 2.60. The van der Waals surface area contributed by atoms with Crippen LogP contribution < -0.4 is 16.2 Å². The molecule has 0 fully saturated rings. The van der Waals surface area contributed by atoms with Crippen LogP contribution in [0.1, 0.15) is 23.2 Å². The summed E-state index contributed by atoms with van der Waals surface area (Å²) in [4.78, 5) is 4.36. The fraction of sp³-hybridized carbons (Fsp3) is 0.294. The van der Waals surface area contributed by atoms with Crippen LogP contribution >= 0.6 is 0 Å². The van der Waals surface area contributed by atoms with Gasteiger partial charge in [-0.15, -0.1) is 0 Å². The van der Waals surface area contributed by atoms with Crippen molar-refractivity contribution in [1.29, 1.82) is 5.26 Å². The predicted octanol–water partition coefficient (Wildman–Crippen LogP) is 2.17. The number of aromatic nitrogens is 1. The summed E-state index contributed by atoms with van der Waals surface area (Å²) < 4.78 is 18.7. The standard InChI is InChI=1S/C17H17FN4O/c1-23-15-6-9(2-4-13(15)18)16-11-7-10(20)3-5-14(11)22-17(21)12(16)8-19/h2,4,6,10H,3,5,7,20H2,1H3,(H2,21,22). The first kappa shape index (κ1) is 15.3. The Morgan fingerprint density at radius 3 is 2.91 bits per heavy atom. The molecule has 118 valence electrons. The zero-order valence-corrected chi connectivity index (χ0v) is 12.8. The number of hydrogen-bond donors (Lipinski definition) is 2. The molecule has 1 heterocycles. The summed E-state index contributed by atoms with van der Waals surface area (Å²) in [5.41, 5.74) is 15.5. The van der Waals surface area contributed by atoms with Crippen molar-refractivity contribution in [3.05, 3.63) is 40.8 Å². The van der Waals surface area contributed by atoms with Gasteiger partial charge in [0.05, 0.1) is 7.11 Å². The topological polar surface area (TPSA) is 97.9 Å². The maximum absolute atomic E-state index is 13.7. The van der Waals surface area contributed by atoms with Crippen molar-refractivity contribution >= 4 is 5.82 Å². The lowest BCUT2D eigenvalue weighted by atomic mass is 9.84. The van der Waals surface area contributed by atoms with Crippen molar-refractivity contribution in [2.75, 3.05) is 12.8 Å². The first-order valence-corrected chi connectivity index (χ1v) is 7.36. The monoisotopic (exact) mass is 312 g/mol. The van der Waals surface area contributed by atoms with Crippen LogP contribution in [0.25, 0.3) is 11.1 Å². The Hall–Kier alpha value is -2.65. The summed E-state index contributed by atoms with van der Waals surface area (Å²) >= 11 is 0. The number of nitrogens with two attached hydrogens (primary N) is 2. The van der Waals surface area contributed by atoms with Gasteiger partial charge < -0.3 is 16.2 Å². The van der Waals surface area contributed by atoms with Crippen LogP contribution in [0, 0.1) is 17.1 Å². The first-order chi connectivity index (χ1) is 11.0. The highest BCUT2D eigenvalue weighted by molar-refractivity contribution is 5.80. The summed E-state index contributed by atoms with van der Waals surface area (Å²) in [6.45, 7) is 0. The highest BCUT2D eigenvalue weighted by Crippen LogP contribution is 2.37. The van der Waals surface area contributed by atoms with E-state index in [9.17, 15) is 9.65 Å². The molecule has 0 radical (unpaired) electrons. The third-order valence-electron chi connectivity index (χ3n) is 4.18. The van der Waals surface area contributed by atoms with Crippen molar-refractivity contribution in [3.63, 3.8) is 0 Å². The molecule has 6 heteroatoms. The summed E-state index contributed by atoms with van der Waals surface area (Å²) in [5, 5.41) is 9.50. The average molecular weight is 312 g/mol. The molecule has 0 bridgehead atoms. The van der Waals surface area contributed by atoms with Crippen LogP contribution in [0.4, 0.5) is 10.2 Å². The number of aryl methyl sites for hydroxylation is 1. The molecule has 4 N–H and O–H groups in total. The molecule has 0 spiro atoms. The van der Waals surface area contributed by atoms with Gasteiger partial charge in [0, 0.05) is 17.3 Å². The van der Waals surface area contributed by atoms with Gasteiger partial charge >= 0.3 is 0 Å². The van der Waals surface area contributed by atoms with E-state index in [1.807, 2.05) is 0 Å². The third-order valence-corrected chi connectivity index (χ3v) is 4.18. The van der Waals surface area contributed by atoms with E-state index in [0.717, 1.165) is 24.1 Å². The zero-order valence-electron chi connectivity index (χ0n) is 12.8. The van der Waals surface area contributed by atoms with Crippen molar-refractivity contribution in [2.45, 2.75) is 25.3 Å². The lowest BCUT2D eigenvalue weighted by Gasteiger charge is -2.25. The van der Waals surface area contributed by atoms with Crippen LogP contribution in [0.3, 0.4) is 0 Å². The number of ether oxygens (including phenoxy) is 1. The highest BCUT2D eigenvalue weighted by Gasteiger charge is 2.25. The van der Waals surface area contributed by atoms with Crippen LogP contribution in [0.5, 0.6) is 5.75 Å². The van der Waals surface area contributed by atoms with E-state index in [-0.39, 0.29) is 17.6 Å². The lowest BCUT2D eigenvalue weighted by molar-refractivity contribution is 0.387. The van der Waals surface area contributed by atoms with Gasteiger partial charge in [-0.05, 0) is 42.5 Å². The maximum atomic E-state index is 13.7. The van der Waals surface area contributed by atoms with Crippen molar-refractivity contribution in [2.24, 2.45) is 5.73 Å². The second-order valence-electron chi connectivity index (χ2n) is 5.64. The van der Waals surface area contributed by atoms with Crippen molar-refractivity contribution in [1.82, 2.24) is 4.98 Å². The average Bonchev–Trinajstić information content (AvgIpc) is 2.54. The summed E-state index contributed by atoms with van der Waals surface area (Å²) in [6.07, 6.45) is 2.17. The first-order valence-electron chi connectivity index (χ1n) is 7.36. The molecule has 0 amide bonds. The van der Waals surface area contributed by atoms with E-state index in [0.29, 0.717) is 23.1 Å². The molecule has 1 atom stereocenters. The number of methoxy groups -OCH3 is 1. The van der Waals surface area contributed by atoms with E-state index >= 15 is 0 Å². The minimum Gasteiger partial charge on any atom is -0.494 e. The molecule has 1 aromatic carbocycles. The van der Waals surface area contributed by atoms with E-state index in [1.54, 1.807) is 12.1 Å². The second kappa shape index (κ2) is 5.86. The largest absolute Gasteiger partial charge is 0.494 e. The lowest BCUT2D eigenvalue weighted by Crippen LogP contribution is -2.29. The number of nitrogen functional groups attached to an aromatic ring is 1. The Morgan fingerprint density at radius 1 is 1.43 bits per heavy atom. The second-order valence-corrected chi connectivity index (χ2v) is 5.64. The quantitative estimate of drug-likeness (QED) is 0.885. The van der Waals surface area contributed by atoms with Gasteiger partial charge in [-0.25, -0.2) is 9.37 Å². The number of anilines is 1. The summed E-state index contributed by atoms with van der Waals surface area (Å²) in [7, 11) is 1.40. The molecule has 1 aliphatic carbocycles. The predicted molar refractivity (Wildman–Crippen MR) is 85.3 cm³/mol. The number of nitrogens with zero attached hydrogens (tertiary/aromatic N) is 2. The summed E-state index contributed by atoms with van der Waals surface area (Å²) in [6, 6.07) is 6.65. The molecule has 0 saturated carbocycles. The Labute approximate surface area is 133 Å². The molecule has 3 rings (SSSR count). The molecule has 23 heavy (non-hydrogen) atoms. The molecule has 1 aromatic heterocycles. The maximum Gasteiger partial charge on any atom is 0.165 e. The van der Waals surface area contributed by atoms with Gasteiger partial charge in [0.25, 0.3) is 0 Å². The Kier molecular flexibility index (Phi) is 3.89. The van der Waals surface area contributed by atoms with Gasteiger partial charge in [0.1, 0.15) is 17.5 Å². The number of benzene rings is 1. The van der Waals surface area contributed by atoms with Gasteiger partial charge in [0.2, 0.25) is 0 Å². The van der Waals surface area contributed by atoms with Gasteiger partial charge in [-0.2, -0.15) is 5.26 Å². The minimum absolute atomic E-state index is 0.0144. The normalized spacial score (nSPS) is 16.5. The molecule has 1 unspecified atom stereocenters. The molecule has 2 aromatic rings. The highest BCUT2D eigenvalue weighted by atomic mass is 19.1. The van der Waals surface area contributed by atoms with Crippen LogP contribution in [-0.2, 0) is 12.8 Å². The van der Waals surface area contributed by atoms with E-state index < -0.39 is 5.82 Å². The van der Waals surface area contributed by atoms with Gasteiger partial charge in [-0.3, -0.25) is 0 Å². The number of hydrogen-bond acceptors (Lipinski definition) is 5. The van der Waals surface area contributed by atoms with Gasteiger partial charge in [0.15, 0.2) is 11.6 Å². The number of pyridine rings is 1. The molecular weight excluding hydrogens is 295 g/mol.